The molecule has 1 rings (SSSR count). The van der Waals surface area contributed by atoms with E-state index in [1.54, 1.807) is 14.0 Å². The van der Waals surface area contributed by atoms with Gasteiger partial charge in [0.2, 0.25) is 0 Å². The van der Waals surface area contributed by atoms with Gasteiger partial charge in [-0.3, -0.25) is 9.48 Å². The fraction of sp³-hybridized carbons (Fsp3) is 0.500. The number of carbonyl (C=O) groups excluding carboxylic acids is 1. The number of nitrogens with one attached hydrogen (secondary N) is 1. The average Bonchev–Trinajstić information content (AvgIpc) is 2.47. The van der Waals surface area contributed by atoms with Gasteiger partial charge in [-0.25, -0.2) is 0 Å². The van der Waals surface area contributed by atoms with Crippen LogP contribution in [0.25, 0.3) is 0 Å². The van der Waals surface area contributed by atoms with Crippen molar-refractivity contribution in [2.45, 2.75) is 13.0 Å². The Balaban J connectivity index is 2.75. The highest BCUT2D eigenvalue weighted by Gasteiger charge is 2.14. The second-order valence-corrected chi connectivity index (χ2v) is 3.12. The van der Waals surface area contributed by atoms with Gasteiger partial charge in [0.25, 0.3) is 5.91 Å². The Morgan fingerprint density at radius 3 is 2.93 bits per heavy atom. The van der Waals surface area contributed by atoms with Crippen LogP contribution < -0.4 is 11.1 Å². The zero-order chi connectivity index (χ0) is 10.7. The van der Waals surface area contributed by atoms with Crippen LogP contribution in [0.1, 0.15) is 17.3 Å². The minimum absolute atomic E-state index is 0.105. The number of amides is 1. The van der Waals surface area contributed by atoms with Gasteiger partial charge in [0.15, 0.2) is 0 Å². The topological polar surface area (TPSA) is 93.2 Å². The Hall–Kier alpha value is -1.56. The number of hydrogen-bond acceptors (Lipinski definition) is 4. The molecular formula is C8H14N4O2. The van der Waals surface area contributed by atoms with E-state index in [1.165, 1.54) is 10.9 Å². The summed E-state index contributed by atoms with van der Waals surface area (Å²) in [6, 6.07) is -0.290. The summed E-state index contributed by atoms with van der Waals surface area (Å²) in [4.78, 5) is 11.5. The molecule has 1 aromatic rings. The van der Waals surface area contributed by atoms with Crippen molar-refractivity contribution < 1.29 is 9.90 Å². The first-order valence-electron chi connectivity index (χ1n) is 4.25. The Morgan fingerprint density at radius 1 is 1.86 bits per heavy atom. The number of aliphatic hydroxyl groups is 1. The highest BCUT2D eigenvalue weighted by atomic mass is 16.3. The number of hydrogen-bond donors (Lipinski definition) is 3. The van der Waals surface area contributed by atoms with E-state index in [0.717, 1.165) is 0 Å². The van der Waals surface area contributed by atoms with Gasteiger partial charge < -0.3 is 16.2 Å². The standard InChI is InChI=1S/C8H14N4O2/c1-5(4-13)11-8(14)6-3-10-12(2)7(6)9/h3,5,13H,4,9H2,1-2H3,(H,11,14). The summed E-state index contributed by atoms with van der Waals surface area (Å²) < 4.78 is 1.42. The lowest BCUT2D eigenvalue weighted by Crippen LogP contribution is -2.35. The van der Waals surface area contributed by atoms with Crippen molar-refractivity contribution in [1.82, 2.24) is 15.1 Å². The Kier molecular flexibility index (Phi) is 3.08. The molecular weight excluding hydrogens is 184 g/mol. The number of nitrogen functional groups attached to an aromatic ring is 1. The van der Waals surface area contributed by atoms with E-state index in [9.17, 15) is 4.79 Å². The normalized spacial score (nSPS) is 12.5. The predicted molar refractivity (Wildman–Crippen MR) is 51.6 cm³/mol. The highest BCUT2D eigenvalue weighted by molar-refractivity contribution is 5.98. The monoisotopic (exact) mass is 198 g/mol. The lowest BCUT2D eigenvalue weighted by molar-refractivity contribution is 0.0923. The van der Waals surface area contributed by atoms with Crippen molar-refractivity contribution in [2.24, 2.45) is 7.05 Å². The summed E-state index contributed by atoms with van der Waals surface area (Å²) in [5.74, 6) is -0.00945. The number of aliphatic hydroxyl groups excluding tert-OH is 1. The van der Waals surface area contributed by atoms with E-state index in [-0.39, 0.29) is 18.6 Å². The molecule has 0 bridgehead atoms. The number of nitrogens with two attached hydrogens (primary N) is 1. The van der Waals surface area contributed by atoms with E-state index in [2.05, 4.69) is 10.4 Å². The van der Waals surface area contributed by atoms with Crippen LogP contribution in [-0.4, -0.2) is 33.4 Å². The fourth-order valence-electron chi connectivity index (χ4n) is 0.969. The van der Waals surface area contributed by atoms with Crippen LogP contribution in [0.15, 0.2) is 6.20 Å². The van der Waals surface area contributed by atoms with Gasteiger partial charge in [-0.1, -0.05) is 0 Å². The van der Waals surface area contributed by atoms with E-state index >= 15 is 0 Å². The lowest BCUT2D eigenvalue weighted by atomic mass is 10.2. The summed E-state index contributed by atoms with van der Waals surface area (Å²) in [5, 5.41) is 15.2. The highest BCUT2D eigenvalue weighted by Crippen LogP contribution is 2.08. The molecule has 1 aromatic heterocycles. The second kappa shape index (κ2) is 4.10. The number of aromatic nitrogens is 2. The van der Waals surface area contributed by atoms with Gasteiger partial charge >= 0.3 is 0 Å². The molecule has 0 radical (unpaired) electrons. The third-order valence-corrected chi connectivity index (χ3v) is 1.88. The average molecular weight is 198 g/mol. The number of anilines is 1. The molecule has 1 amide bonds. The van der Waals surface area contributed by atoms with E-state index in [0.29, 0.717) is 11.4 Å². The first kappa shape index (κ1) is 10.5. The first-order chi connectivity index (χ1) is 6.56. The maximum Gasteiger partial charge on any atom is 0.256 e. The first-order valence-corrected chi connectivity index (χ1v) is 4.25. The number of carbonyl (C=O) groups is 1. The van der Waals surface area contributed by atoms with Gasteiger partial charge in [-0.05, 0) is 6.92 Å². The molecule has 6 heteroatoms. The number of aryl methyl sites for hydroxylation is 1. The molecule has 0 aliphatic rings. The summed E-state index contributed by atoms with van der Waals surface area (Å²) in [5.41, 5.74) is 5.92. The molecule has 1 atom stereocenters. The second-order valence-electron chi connectivity index (χ2n) is 3.12. The molecule has 0 fully saturated rings. The molecule has 0 aromatic carbocycles. The van der Waals surface area contributed by atoms with Crippen LogP contribution in [0.5, 0.6) is 0 Å². The van der Waals surface area contributed by atoms with Crippen molar-refractivity contribution in [1.29, 1.82) is 0 Å². The van der Waals surface area contributed by atoms with Gasteiger partial charge in [0, 0.05) is 13.1 Å². The quantitative estimate of drug-likeness (QED) is 0.587. The SMILES string of the molecule is CC(CO)NC(=O)c1cnn(C)c1N. The van der Waals surface area contributed by atoms with Crippen molar-refractivity contribution in [2.75, 3.05) is 12.3 Å². The largest absolute Gasteiger partial charge is 0.394 e. The molecule has 1 heterocycles. The fourth-order valence-corrected chi connectivity index (χ4v) is 0.969. The van der Waals surface area contributed by atoms with Crippen LogP contribution in [0.2, 0.25) is 0 Å². The Bertz CT molecular complexity index is 334. The number of rotatable bonds is 3. The zero-order valence-corrected chi connectivity index (χ0v) is 8.19. The van der Waals surface area contributed by atoms with Crippen LogP contribution in [0.4, 0.5) is 5.82 Å². The molecule has 0 aliphatic carbocycles. The van der Waals surface area contributed by atoms with E-state index < -0.39 is 0 Å². The third kappa shape index (κ3) is 2.02. The zero-order valence-electron chi connectivity index (χ0n) is 8.19. The van der Waals surface area contributed by atoms with Crippen LogP contribution in [0, 0.1) is 0 Å². The van der Waals surface area contributed by atoms with Crippen LogP contribution in [-0.2, 0) is 7.05 Å². The summed E-state index contributed by atoms with van der Waals surface area (Å²) in [6.07, 6.45) is 1.40. The minimum atomic E-state index is -0.322. The lowest BCUT2D eigenvalue weighted by Gasteiger charge is -2.09. The van der Waals surface area contributed by atoms with Crippen molar-refractivity contribution in [3.05, 3.63) is 11.8 Å². The maximum absolute atomic E-state index is 11.5. The van der Waals surface area contributed by atoms with Crippen molar-refractivity contribution >= 4 is 11.7 Å². The summed E-state index contributed by atoms with van der Waals surface area (Å²) >= 11 is 0. The maximum atomic E-state index is 11.5. The Labute approximate surface area is 81.7 Å². The van der Waals surface area contributed by atoms with Crippen LogP contribution >= 0.6 is 0 Å². The molecule has 6 nitrogen and oxygen atoms in total. The molecule has 14 heavy (non-hydrogen) atoms. The minimum Gasteiger partial charge on any atom is -0.394 e. The summed E-state index contributed by atoms with van der Waals surface area (Å²) in [7, 11) is 1.65. The molecule has 0 spiro atoms. The van der Waals surface area contributed by atoms with Gasteiger partial charge in [-0.2, -0.15) is 5.10 Å². The van der Waals surface area contributed by atoms with Gasteiger partial charge in [0.1, 0.15) is 11.4 Å². The molecule has 0 aliphatic heterocycles. The van der Waals surface area contributed by atoms with E-state index in [1.807, 2.05) is 0 Å². The van der Waals surface area contributed by atoms with Gasteiger partial charge in [0.05, 0.1) is 12.8 Å². The molecule has 4 N–H and O–H groups in total. The molecule has 78 valence electrons. The molecule has 0 saturated carbocycles. The number of nitrogens with zero attached hydrogens (tertiary/aromatic N) is 2. The van der Waals surface area contributed by atoms with Gasteiger partial charge in [-0.15, -0.1) is 0 Å². The summed E-state index contributed by atoms with van der Waals surface area (Å²) in [6.45, 7) is 1.59. The molecule has 1 unspecified atom stereocenters. The van der Waals surface area contributed by atoms with Crippen LogP contribution in [0.3, 0.4) is 0 Å². The third-order valence-electron chi connectivity index (χ3n) is 1.88. The van der Waals surface area contributed by atoms with Crippen molar-refractivity contribution in [3.63, 3.8) is 0 Å². The molecule has 0 saturated heterocycles. The predicted octanol–water partition coefficient (Wildman–Crippen LogP) is -0.887. The smallest absolute Gasteiger partial charge is 0.256 e. The van der Waals surface area contributed by atoms with Crippen molar-refractivity contribution in [3.8, 4) is 0 Å². The van der Waals surface area contributed by atoms with E-state index in [4.69, 9.17) is 10.8 Å². The Morgan fingerprint density at radius 2 is 2.50 bits per heavy atom.